The SMILES string of the molecule is CCCC(C)CC(C)(O)CNCC(C)C. The van der Waals surface area contributed by atoms with Crippen LogP contribution >= 0.6 is 0 Å². The van der Waals surface area contributed by atoms with Crippen molar-refractivity contribution in [1.82, 2.24) is 5.32 Å². The summed E-state index contributed by atoms with van der Waals surface area (Å²) in [5.41, 5.74) is -0.552. The highest BCUT2D eigenvalue weighted by Gasteiger charge is 2.22. The Bertz CT molecular complexity index is 155. The lowest BCUT2D eigenvalue weighted by atomic mass is 9.90. The number of hydrogen-bond donors (Lipinski definition) is 2. The second kappa shape index (κ2) is 7.24. The van der Waals surface area contributed by atoms with Crippen LogP contribution < -0.4 is 5.32 Å². The van der Waals surface area contributed by atoms with Crippen molar-refractivity contribution in [2.75, 3.05) is 13.1 Å². The van der Waals surface area contributed by atoms with E-state index in [1.807, 2.05) is 6.92 Å². The molecule has 0 spiro atoms. The number of aliphatic hydroxyl groups is 1. The molecular weight excluding hydrogens is 186 g/mol. The van der Waals surface area contributed by atoms with Gasteiger partial charge in [0.05, 0.1) is 5.60 Å². The molecule has 0 aromatic carbocycles. The first kappa shape index (κ1) is 14.9. The van der Waals surface area contributed by atoms with E-state index in [1.165, 1.54) is 12.8 Å². The van der Waals surface area contributed by atoms with Gasteiger partial charge in [-0.3, -0.25) is 0 Å². The molecule has 0 aliphatic carbocycles. The zero-order chi connectivity index (χ0) is 11.9. The van der Waals surface area contributed by atoms with E-state index in [2.05, 4.69) is 33.0 Å². The average molecular weight is 215 g/mol. The van der Waals surface area contributed by atoms with E-state index in [0.29, 0.717) is 18.4 Å². The van der Waals surface area contributed by atoms with Crippen molar-refractivity contribution in [3.05, 3.63) is 0 Å². The van der Waals surface area contributed by atoms with Crippen LogP contribution in [0, 0.1) is 11.8 Å². The standard InChI is InChI=1S/C13H29NO/c1-6-7-12(4)8-13(5,15)10-14-9-11(2)3/h11-12,14-15H,6-10H2,1-5H3. The van der Waals surface area contributed by atoms with Gasteiger partial charge < -0.3 is 10.4 Å². The van der Waals surface area contributed by atoms with Crippen LogP contribution in [-0.4, -0.2) is 23.8 Å². The molecule has 2 atom stereocenters. The summed E-state index contributed by atoms with van der Waals surface area (Å²) < 4.78 is 0. The highest BCUT2D eigenvalue weighted by atomic mass is 16.3. The highest BCUT2D eigenvalue weighted by molar-refractivity contribution is 4.78. The minimum atomic E-state index is -0.552. The molecule has 0 heterocycles. The van der Waals surface area contributed by atoms with Crippen molar-refractivity contribution in [3.8, 4) is 0 Å². The zero-order valence-corrected chi connectivity index (χ0v) is 11.1. The van der Waals surface area contributed by atoms with E-state index in [9.17, 15) is 5.11 Å². The summed E-state index contributed by atoms with van der Waals surface area (Å²) in [6.45, 7) is 12.4. The van der Waals surface area contributed by atoms with Gasteiger partial charge >= 0.3 is 0 Å². The molecule has 92 valence electrons. The molecule has 2 N–H and O–H groups in total. The first-order valence-electron chi connectivity index (χ1n) is 6.30. The molecule has 0 aromatic rings. The van der Waals surface area contributed by atoms with Crippen LogP contribution in [0.4, 0.5) is 0 Å². The van der Waals surface area contributed by atoms with E-state index in [0.717, 1.165) is 13.0 Å². The Hall–Kier alpha value is -0.0800. The Balaban J connectivity index is 3.75. The second-order valence-corrected chi connectivity index (χ2v) is 5.62. The Kier molecular flexibility index (Phi) is 7.20. The van der Waals surface area contributed by atoms with E-state index in [1.54, 1.807) is 0 Å². The van der Waals surface area contributed by atoms with Crippen LogP contribution in [0.15, 0.2) is 0 Å². The predicted molar refractivity (Wildman–Crippen MR) is 67.0 cm³/mol. The van der Waals surface area contributed by atoms with Crippen LogP contribution in [0.3, 0.4) is 0 Å². The molecule has 2 nitrogen and oxygen atoms in total. The second-order valence-electron chi connectivity index (χ2n) is 5.62. The predicted octanol–water partition coefficient (Wildman–Crippen LogP) is 2.81. The van der Waals surface area contributed by atoms with Gasteiger partial charge in [-0.1, -0.05) is 40.5 Å². The van der Waals surface area contributed by atoms with Gasteiger partial charge in [0.15, 0.2) is 0 Å². The molecule has 0 rings (SSSR count). The van der Waals surface area contributed by atoms with Crippen LogP contribution in [-0.2, 0) is 0 Å². The summed E-state index contributed by atoms with van der Waals surface area (Å²) in [5, 5.41) is 13.5. The molecule has 0 saturated carbocycles. The van der Waals surface area contributed by atoms with Crippen LogP contribution in [0.1, 0.15) is 53.9 Å². The lowest BCUT2D eigenvalue weighted by Crippen LogP contribution is -2.40. The van der Waals surface area contributed by atoms with E-state index in [4.69, 9.17) is 0 Å². The summed E-state index contributed by atoms with van der Waals surface area (Å²) in [5.74, 6) is 1.26. The fourth-order valence-electron chi connectivity index (χ4n) is 2.05. The normalized spacial score (nSPS) is 17.8. The third kappa shape index (κ3) is 8.88. The fourth-order valence-corrected chi connectivity index (χ4v) is 2.05. The number of nitrogens with one attached hydrogen (secondary N) is 1. The topological polar surface area (TPSA) is 32.3 Å². The van der Waals surface area contributed by atoms with Crippen LogP contribution in [0.2, 0.25) is 0 Å². The smallest absolute Gasteiger partial charge is 0.0746 e. The molecule has 0 saturated heterocycles. The molecule has 0 aromatic heterocycles. The molecular formula is C13H29NO. The van der Waals surface area contributed by atoms with E-state index < -0.39 is 5.60 Å². The lowest BCUT2D eigenvalue weighted by Gasteiger charge is -2.27. The first-order chi connectivity index (χ1) is 6.87. The van der Waals surface area contributed by atoms with Crippen molar-refractivity contribution < 1.29 is 5.11 Å². The molecule has 0 bridgehead atoms. The van der Waals surface area contributed by atoms with Crippen molar-refractivity contribution in [1.29, 1.82) is 0 Å². The third-order valence-electron chi connectivity index (χ3n) is 2.63. The molecule has 0 amide bonds. The minimum absolute atomic E-state index is 0.552. The van der Waals surface area contributed by atoms with Crippen molar-refractivity contribution in [2.45, 2.75) is 59.5 Å². The summed E-state index contributed by atoms with van der Waals surface area (Å²) >= 11 is 0. The summed E-state index contributed by atoms with van der Waals surface area (Å²) in [6, 6.07) is 0. The van der Waals surface area contributed by atoms with Crippen LogP contribution in [0.25, 0.3) is 0 Å². The summed E-state index contributed by atoms with van der Waals surface area (Å²) in [7, 11) is 0. The maximum absolute atomic E-state index is 10.2. The number of hydrogen-bond acceptors (Lipinski definition) is 2. The zero-order valence-electron chi connectivity index (χ0n) is 11.1. The van der Waals surface area contributed by atoms with Crippen molar-refractivity contribution in [3.63, 3.8) is 0 Å². The Morgan fingerprint density at radius 1 is 1.27 bits per heavy atom. The average Bonchev–Trinajstić information content (AvgIpc) is 2.01. The molecule has 0 aliphatic heterocycles. The van der Waals surface area contributed by atoms with E-state index >= 15 is 0 Å². The molecule has 0 aliphatic rings. The van der Waals surface area contributed by atoms with Crippen LogP contribution in [0.5, 0.6) is 0 Å². The van der Waals surface area contributed by atoms with Crippen molar-refractivity contribution >= 4 is 0 Å². The van der Waals surface area contributed by atoms with Gasteiger partial charge in [-0.2, -0.15) is 0 Å². The lowest BCUT2D eigenvalue weighted by molar-refractivity contribution is 0.0346. The third-order valence-corrected chi connectivity index (χ3v) is 2.63. The maximum atomic E-state index is 10.2. The van der Waals surface area contributed by atoms with Crippen molar-refractivity contribution in [2.24, 2.45) is 11.8 Å². The number of rotatable bonds is 8. The van der Waals surface area contributed by atoms with E-state index in [-0.39, 0.29) is 0 Å². The van der Waals surface area contributed by atoms with Gasteiger partial charge in [-0.05, 0) is 31.7 Å². The summed E-state index contributed by atoms with van der Waals surface area (Å²) in [4.78, 5) is 0. The molecule has 2 unspecified atom stereocenters. The molecule has 2 heteroatoms. The largest absolute Gasteiger partial charge is 0.389 e. The monoisotopic (exact) mass is 215 g/mol. The van der Waals surface area contributed by atoms with Gasteiger partial charge in [0.1, 0.15) is 0 Å². The Morgan fingerprint density at radius 2 is 1.87 bits per heavy atom. The molecule has 15 heavy (non-hydrogen) atoms. The highest BCUT2D eigenvalue weighted by Crippen LogP contribution is 2.19. The Labute approximate surface area is 95.5 Å². The Morgan fingerprint density at radius 3 is 2.33 bits per heavy atom. The van der Waals surface area contributed by atoms with Gasteiger partial charge in [0.2, 0.25) is 0 Å². The quantitative estimate of drug-likeness (QED) is 0.652. The van der Waals surface area contributed by atoms with Gasteiger partial charge in [0.25, 0.3) is 0 Å². The maximum Gasteiger partial charge on any atom is 0.0746 e. The summed E-state index contributed by atoms with van der Waals surface area (Å²) in [6.07, 6.45) is 3.31. The van der Waals surface area contributed by atoms with Gasteiger partial charge in [-0.15, -0.1) is 0 Å². The fraction of sp³-hybridized carbons (Fsp3) is 1.00. The molecule has 0 radical (unpaired) electrons. The first-order valence-corrected chi connectivity index (χ1v) is 6.30. The van der Waals surface area contributed by atoms with Gasteiger partial charge in [0, 0.05) is 6.54 Å². The molecule has 0 fully saturated rings. The minimum Gasteiger partial charge on any atom is -0.389 e. The van der Waals surface area contributed by atoms with Gasteiger partial charge in [-0.25, -0.2) is 0 Å².